The molecule has 0 saturated carbocycles. The van der Waals surface area contributed by atoms with Crippen molar-refractivity contribution in [3.63, 3.8) is 0 Å². The number of anilines is 1. The molecule has 0 spiro atoms. The smallest absolute Gasteiger partial charge is 0.408 e. The van der Waals surface area contributed by atoms with Gasteiger partial charge in [-0.3, -0.25) is 18.7 Å². The SMILES string of the molecule is Cc1sc2ncn(CCC(=O)Nc3ccc4oc(=O)n(CCN(C)C)c4c3)c(=O)c2c1C. The number of benzene rings is 1. The van der Waals surface area contributed by atoms with Gasteiger partial charge in [-0.25, -0.2) is 9.78 Å². The quantitative estimate of drug-likeness (QED) is 0.460. The van der Waals surface area contributed by atoms with E-state index < -0.39 is 5.76 Å². The summed E-state index contributed by atoms with van der Waals surface area (Å²) in [7, 11) is 3.86. The standard InChI is InChI=1S/C22H25N5O4S/c1-13-14(2)32-20-19(13)21(29)26(12-23-20)8-7-18(28)24-15-5-6-17-16(11-15)27(22(30)31-17)10-9-25(3)4/h5-6,11-12H,7-10H2,1-4H3,(H,24,28). The molecule has 1 amide bonds. The lowest BCUT2D eigenvalue weighted by Gasteiger charge is -2.10. The zero-order valence-electron chi connectivity index (χ0n) is 18.5. The maximum Gasteiger partial charge on any atom is 0.419 e. The first-order valence-electron chi connectivity index (χ1n) is 10.3. The highest BCUT2D eigenvalue weighted by atomic mass is 32.1. The summed E-state index contributed by atoms with van der Waals surface area (Å²) in [5, 5.41) is 3.46. The normalized spacial score (nSPS) is 11.7. The highest BCUT2D eigenvalue weighted by Gasteiger charge is 2.14. The first kappa shape index (κ1) is 22.0. The highest BCUT2D eigenvalue weighted by molar-refractivity contribution is 7.18. The van der Waals surface area contributed by atoms with Crippen LogP contribution in [0.4, 0.5) is 5.69 Å². The fourth-order valence-corrected chi connectivity index (χ4v) is 4.51. The van der Waals surface area contributed by atoms with E-state index in [4.69, 9.17) is 4.42 Å². The van der Waals surface area contributed by atoms with E-state index in [1.165, 1.54) is 22.2 Å². The van der Waals surface area contributed by atoms with Crippen LogP contribution >= 0.6 is 11.3 Å². The first-order valence-corrected chi connectivity index (χ1v) is 11.1. The van der Waals surface area contributed by atoms with Crippen molar-refractivity contribution in [1.82, 2.24) is 19.0 Å². The van der Waals surface area contributed by atoms with Gasteiger partial charge in [-0.15, -0.1) is 11.3 Å². The minimum absolute atomic E-state index is 0.117. The van der Waals surface area contributed by atoms with Crippen molar-refractivity contribution in [3.8, 4) is 0 Å². The molecule has 0 fully saturated rings. The van der Waals surface area contributed by atoms with Crippen molar-refractivity contribution in [3.05, 3.63) is 55.9 Å². The molecule has 4 rings (SSSR count). The molecule has 1 aromatic carbocycles. The van der Waals surface area contributed by atoms with Gasteiger partial charge in [0, 0.05) is 36.6 Å². The number of aromatic nitrogens is 3. The third kappa shape index (κ3) is 4.23. The summed E-state index contributed by atoms with van der Waals surface area (Å²) in [4.78, 5) is 45.6. The lowest BCUT2D eigenvalue weighted by atomic mass is 10.2. The zero-order valence-corrected chi connectivity index (χ0v) is 19.3. The van der Waals surface area contributed by atoms with Gasteiger partial charge in [0.15, 0.2) is 5.58 Å². The summed E-state index contributed by atoms with van der Waals surface area (Å²) in [6.07, 6.45) is 1.61. The number of hydrogen-bond donors (Lipinski definition) is 1. The van der Waals surface area contributed by atoms with Crippen LogP contribution in [-0.4, -0.2) is 45.6 Å². The van der Waals surface area contributed by atoms with E-state index in [2.05, 4.69) is 10.3 Å². The van der Waals surface area contributed by atoms with E-state index in [1.807, 2.05) is 32.8 Å². The third-order valence-electron chi connectivity index (χ3n) is 5.46. The molecule has 168 valence electrons. The number of nitrogens with one attached hydrogen (secondary N) is 1. The van der Waals surface area contributed by atoms with Crippen molar-refractivity contribution in [2.45, 2.75) is 33.4 Å². The third-order valence-corrected chi connectivity index (χ3v) is 6.57. The molecule has 0 aliphatic carbocycles. The second-order valence-electron chi connectivity index (χ2n) is 8.01. The van der Waals surface area contributed by atoms with Gasteiger partial charge in [0.25, 0.3) is 5.56 Å². The van der Waals surface area contributed by atoms with Gasteiger partial charge in [0.05, 0.1) is 17.2 Å². The fourth-order valence-electron chi connectivity index (χ4n) is 3.53. The number of aryl methyl sites for hydroxylation is 3. The number of oxazole rings is 1. The predicted octanol–water partition coefficient (Wildman–Crippen LogP) is 2.57. The van der Waals surface area contributed by atoms with E-state index in [0.717, 1.165) is 15.3 Å². The van der Waals surface area contributed by atoms with E-state index in [0.29, 0.717) is 35.3 Å². The summed E-state index contributed by atoms with van der Waals surface area (Å²) in [6.45, 7) is 5.27. The molecule has 0 aliphatic heterocycles. The Hall–Kier alpha value is -3.24. The second kappa shape index (κ2) is 8.71. The Balaban J connectivity index is 1.48. The van der Waals surface area contributed by atoms with Crippen LogP contribution in [0.15, 0.2) is 38.5 Å². The molecule has 0 bridgehead atoms. The number of likely N-dealkylation sites (N-methyl/N-ethyl adjacent to an activating group) is 1. The molecule has 0 radical (unpaired) electrons. The van der Waals surface area contributed by atoms with Crippen LogP contribution in [0.1, 0.15) is 16.9 Å². The molecule has 0 atom stereocenters. The van der Waals surface area contributed by atoms with Crippen LogP contribution in [0, 0.1) is 13.8 Å². The van der Waals surface area contributed by atoms with Crippen molar-refractivity contribution in [1.29, 1.82) is 0 Å². The molecule has 10 heteroatoms. The molecule has 32 heavy (non-hydrogen) atoms. The molecule has 3 heterocycles. The molecule has 3 aromatic heterocycles. The number of hydrogen-bond acceptors (Lipinski definition) is 7. The fraction of sp³-hybridized carbons (Fsp3) is 0.364. The minimum atomic E-state index is -0.424. The summed E-state index contributed by atoms with van der Waals surface area (Å²) in [6, 6.07) is 5.09. The lowest BCUT2D eigenvalue weighted by Crippen LogP contribution is -2.24. The van der Waals surface area contributed by atoms with Crippen molar-refractivity contribution < 1.29 is 9.21 Å². The summed E-state index contributed by atoms with van der Waals surface area (Å²) in [5.74, 6) is -0.660. The van der Waals surface area contributed by atoms with E-state index in [9.17, 15) is 14.4 Å². The van der Waals surface area contributed by atoms with E-state index in [-0.39, 0.29) is 24.4 Å². The maximum atomic E-state index is 12.8. The zero-order chi connectivity index (χ0) is 23.0. The Morgan fingerprint density at radius 3 is 2.75 bits per heavy atom. The first-order chi connectivity index (χ1) is 15.2. The second-order valence-corrected chi connectivity index (χ2v) is 9.21. The molecular weight excluding hydrogens is 430 g/mol. The van der Waals surface area contributed by atoms with E-state index in [1.54, 1.807) is 22.8 Å². The Morgan fingerprint density at radius 1 is 1.22 bits per heavy atom. The van der Waals surface area contributed by atoms with Crippen molar-refractivity contribution in [2.24, 2.45) is 0 Å². The van der Waals surface area contributed by atoms with Gasteiger partial charge >= 0.3 is 5.76 Å². The largest absolute Gasteiger partial charge is 0.419 e. The van der Waals surface area contributed by atoms with Gasteiger partial charge in [0.1, 0.15) is 4.83 Å². The van der Waals surface area contributed by atoms with Gasteiger partial charge in [-0.1, -0.05) is 0 Å². The summed E-state index contributed by atoms with van der Waals surface area (Å²) in [5.41, 5.74) is 2.47. The van der Waals surface area contributed by atoms with Gasteiger partial charge in [-0.2, -0.15) is 0 Å². The maximum absolute atomic E-state index is 12.8. The lowest BCUT2D eigenvalue weighted by molar-refractivity contribution is -0.116. The van der Waals surface area contributed by atoms with Crippen LogP contribution in [0.5, 0.6) is 0 Å². The molecule has 1 N–H and O–H groups in total. The average molecular weight is 456 g/mol. The van der Waals surface area contributed by atoms with Crippen molar-refractivity contribution in [2.75, 3.05) is 26.0 Å². The number of amides is 1. The number of thiophene rings is 1. The van der Waals surface area contributed by atoms with Crippen LogP contribution in [0.2, 0.25) is 0 Å². The number of nitrogens with zero attached hydrogens (tertiary/aromatic N) is 4. The van der Waals surface area contributed by atoms with Crippen LogP contribution in [-0.2, 0) is 17.9 Å². The number of carbonyl (C=O) groups excluding carboxylic acids is 1. The summed E-state index contributed by atoms with van der Waals surface area (Å²) >= 11 is 1.50. The minimum Gasteiger partial charge on any atom is -0.408 e. The number of carbonyl (C=O) groups is 1. The average Bonchev–Trinajstić information content (AvgIpc) is 3.21. The monoisotopic (exact) mass is 455 g/mol. The van der Waals surface area contributed by atoms with Crippen LogP contribution in [0.25, 0.3) is 21.3 Å². The van der Waals surface area contributed by atoms with Gasteiger partial charge < -0.3 is 14.6 Å². The topological polar surface area (TPSA) is 102 Å². The van der Waals surface area contributed by atoms with Crippen LogP contribution in [0.3, 0.4) is 0 Å². The Bertz CT molecular complexity index is 1430. The summed E-state index contributed by atoms with van der Waals surface area (Å²) < 4.78 is 8.31. The van der Waals surface area contributed by atoms with Crippen molar-refractivity contribution >= 4 is 44.2 Å². The number of fused-ring (bicyclic) bond motifs is 2. The Kier molecular flexibility index (Phi) is 5.98. The van der Waals surface area contributed by atoms with Gasteiger partial charge in [-0.05, 0) is 51.7 Å². The number of rotatable bonds is 7. The molecule has 0 saturated heterocycles. The Morgan fingerprint density at radius 2 is 2.00 bits per heavy atom. The molecular formula is C22H25N5O4S. The van der Waals surface area contributed by atoms with E-state index >= 15 is 0 Å². The molecule has 4 aromatic rings. The predicted molar refractivity (Wildman–Crippen MR) is 126 cm³/mol. The highest BCUT2D eigenvalue weighted by Crippen LogP contribution is 2.25. The molecule has 0 aliphatic rings. The molecule has 0 unspecified atom stereocenters. The molecule has 9 nitrogen and oxygen atoms in total. The Labute approximate surface area is 187 Å². The van der Waals surface area contributed by atoms with Crippen LogP contribution < -0.4 is 16.6 Å². The van der Waals surface area contributed by atoms with Gasteiger partial charge in [0.2, 0.25) is 5.91 Å².